The molecule has 27 heavy (non-hydrogen) atoms. The van der Waals surface area contributed by atoms with Crippen molar-refractivity contribution in [2.24, 2.45) is 0 Å². The van der Waals surface area contributed by atoms with Gasteiger partial charge >= 0.3 is 0 Å². The van der Waals surface area contributed by atoms with E-state index < -0.39 is 0 Å². The van der Waals surface area contributed by atoms with E-state index in [9.17, 15) is 0 Å². The molecule has 2 aromatic heterocycles. The molecule has 0 bridgehead atoms. The normalized spacial score (nSPS) is 11.1. The summed E-state index contributed by atoms with van der Waals surface area (Å²) in [5.41, 5.74) is 10.7. The first kappa shape index (κ1) is 19.1. The molecule has 0 aliphatic carbocycles. The number of hydrazine groups is 1. The number of nitrogens with zero attached hydrogens (tertiary/aromatic N) is 3. The van der Waals surface area contributed by atoms with Gasteiger partial charge in [0.2, 0.25) is 11.7 Å². The molecule has 2 N–H and O–H groups in total. The van der Waals surface area contributed by atoms with E-state index in [1.54, 1.807) is 12.3 Å². The van der Waals surface area contributed by atoms with E-state index in [2.05, 4.69) is 26.0 Å². The number of pyridine rings is 1. The molecule has 8 heteroatoms. The average molecular weight is 388 g/mol. The molecule has 1 aromatic carbocycles. The zero-order valence-corrected chi connectivity index (χ0v) is 16.7. The summed E-state index contributed by atoms with van der Waals surface area (Å²) in [6.07, 6.45) is 1.60. The number of anilines is 1. The molecule has 0 saturated carbocycles. The molecule has 0 aliphatic heterocycles. The molecule has 0 fully saturated rings. The molecule has 3 aromatic rings. The van der Waals surface area contributed by atoms with Crippen LogP contribution in [0.5, 0.6) is 5.88 Å². The molecule has 7 nitrogen and oxygen atoms in total. The topological polar surface area (TPSA) is 85.1 Å². The fourth-order valence-electron chi connectivity index (χ4n) is 2.63. The van der Waals surface area contributed by atoms with Gasteiger partial charge in [0.15, 0.2) is 0 Å². The first-order valence-electron chi connectivity index (χ1n) is 8.59. The van der Waals surface area contributed by atoms with Gasteiger partial charge in [-0.15, -0.1) is 0 Å². The van der Waals surface area contributed by atoms with E-state index in [0.29, 0.717) is 28.2 Å². The van der Waals surface area contributed by atoms with Crippen molar-refractivity contribution in [2.45, 2.75) is 33.8 Å². The molecule has 0 atom stereocenters. The van der Waals surface area contributed by atoms with Crippen LogP contribution in [0.1, 0.15) is 25.0 Å². The van der Waals surface area contributed by atoms with Gasteiger partial charge in [-0.3, -0.25) is 0 Å². The lowest BCUT2D eigenvalue weighted by Crippen LogP contribution is -2.16. The number of rotatable bonds is 6. The SMILES string of the molecule is CNNc1cc(C)c(-c2noc(-c3cnc(OC(C)C)c(Cl)c3)n2)cc1C. The van der Waals surface area contributed by atoms with Gasteiger partial charge in [-0.05, 0) is 57.0 Å². The number of aryl methyl sites for hydroxylation is 2. The Morgan fingerprint density at radius 1 is 1.15 bits per heavy atom. The Balaban J connectivity index is 1.91. The summed E-state index contributed by atoms with van der Waals surface area (Å²) in [6, 6.07) is 5.77. The molecule has 142 valence electrons. The third-order valence-corrected chi connectivity index (χ3v) is 4.17. The van der Waals surface area contributed by atoms with Crippen LogP contribution < -0.4 is 15.6 Å². The number of halogens is 1. The summed E-state index contributed by atoms with van der Waals surface area (Å²) in [5.74, 6) is 1.25. The van der Waals surface area contributed by atoms with Crippen LogP contribution in [0.15, 0.2) is 28.9 Å². The molecule has 0 amide bonds. The smallest absolute Gasteiger partial charge is 0.259 e. The molecule has 2 heterocycles. The maximum Gasteiger partial charge on any atom is 0.259 e. The number of hydrogen-bond donors (Lipinski definition) is 2. The highest BCUT2D eigenvalue weighted by atomic mass is 35.5. The van der Waals surface area contributed by atoms with Crippen LogP contribution in [-0.2, 0) is 0 Å². The summed E-state index contributed by atoms with van der Waals surface area (Å²) in [6.45, 7) is 7.85. The summed E-state index contributed by atoms with van der Waals surface area (Å²) < 4.78 is 11.0. The van der Waals surface area contributed by atoms with Gasteiger partial charge in [-0.2, -0.15) is 4.98 Å². The molecule has 0 unspecified atom stereocenters. The lowest BCUT2D eigenvalue weighted by Gasteiger charge is -2.11. The molecule has 0 aliphatic rings. The van der Waals surface area contributed by atoms with Gasteiger partial charge < -0.3 is 14.7 Å². The lowest BCUT2D eigenvalue weighted by atomic mass is 10.0. The largest absolute Gasteiger partial charge is 0.474 e. The van der Waals surface area contributed by atoms with Gasteiger partial charge in [0.25, 0.3) is 5.89 Å². The average Bonchev–Trinajstić information content (AvgIpc) is 3.09. The van der Waals surface area contributed by atoms with Gasteiger partial charge in [-0.1, -0.05) is 16.8 Å². The maximum atomic E-state index is 6.25. The van der Waals surface area contributed by atoms with Crippen molar-refractivity contribution >= 4 is 17.3 Å². The Labute approximate surface area is 163 Å². The molecule has 0 radical (unpaired) electrons. The predicted octanol–water partition coefficient (Wildman–Crippen LogP) is 4.40. The summed E-state index contributed by atoms with van der Waals surface area (Å²) in [4.78, 5) is 8.75. The Kier molecular flexibility index (Phi) is 5.62. The van der Waals surface area contributed by atoms with Crippen molar-refractivity contribution in [3.63, 3.8) is 0 Å². The van der Waals surface area contributed by atoms with Crippen molar-refractivity contribution in [1.82, 2.24) is 20.6 Å². The highest BCUT2D eigenvalue weighted by Crippen LogP contribution is 2.31. The quantitative estimate of drug-likeness (QED) is 0.606. The number of ether oxygens (including phenoxy) is 1. The van der Waals surface area contributed by atoms with Gasteiger partial charge in [0, 0.05) is 18.8 Å². The zero-order chi connectivity index (χ0) is 19.6. The first-order chi connectivity index (χ1) is 12.9. The van der Waals surface area contributed by atoms with Crippen LogP contribution in [0, 0.1) is 13.8 Å². The number of aromatic nitrogens is 3. The first-order valence-corrected chi connectivity index (χ1v) is 8.97. The zero-order valence-electron chi connectivity index (χ0n) is 15.9. The fourth-order valence-corrected chi connectivity index (χ4v) is 2.84. The molecular weight excluding hydrogens is 366 g/mol. The van der Waals surface area contributed by atoms with E-state index in [1.807, 2.05) is 46.9 Å². The van der Waals surface area contributed by atoms with Gasteiger partial charge in [-0.25, -0.2) is 10.4 Å². The molecule has 3 rings (SSSR count). The minimum Gasteiger partial charge on any atom is -0.474 e. The predicted molar refractivity (Wildman–Crippen MR) is 106 cm³/mol. The van der Waals surface area contributed by atoms with Crippen LogP contribution in [0.4, 0.5) is 5.69 Å². The minimum absolute atomic E-state index is 0.0116. The standard InChI is InChI=1S/C19H22ClN5O2/c1-10(2)26-19-15(20)8-13(9-22-19)18-23-17(25-27-18)14-6-12(4)16(24-21-5)7-11(14)3/h6-10,21,24H,1-5H3. The van der Waals surface area contributed by atoms with E-state index in [4.69, 9.17) is 20.9 Å². The van der Waals surface area contributed by atoms with Crippen molar-refractivity contribution < 1.29 is 9.26 Å². The highest BCUT2D eigenvalue weighted by Gasteiger charge is 2.16. The summed E-state index contributed by atoms with van der Waals surface area (Å²) in [5, 5.41) is 4.52. The van der Waals surface area contributed by atoms with E-state index in [-0.39, 0.29) is 6.10 Å². The third-order valence-electron chi connectivity index (χ3n) is 3.90. The lowest BCUT2D eigenvalue weighted by molar-refractivity contribution is 0.233. The summed E-state index contributed by atoms with van der Waals surface area (Å²) in [7, 11) is 1.82. The second kappa shape index (κ2) is 7.94. The number of hydrogen-bond acceptors (Lipinski definition) is 7. The summed E-state index contributed by atoms with van der Waals surface area (Å²) >= 11 is 6.25. The van der Waals surface area contributed by atoms with Crippen LogP contribution in [0.3, 0.4) is 0 Å². The monoisotopic (exact) mass is 387 g/mol. The van der Waals surface area contributed by atoms with Crippen LogP contribution in [-0.4, -0.2) is 28.3 Å². The number of nitrogens with one attached hydrogen (secondary N) is 2. The van der Waals surface area contributed by atoms with E-state index in [0.717, 1.165) is 22.4 Å². The molecule has 0 saturated heterocycles. The van der Waals surface area contributed by atoms with Crippen molar-refractivity contribution in [1.29, 1.82) is 0 Å². The Bertz CT molecular complexity index is 955. The third kappa shape index (κ3) is 4.20. The molecular formula is C19H22ClN5O2. The van der Waals surface area contributed by atoms with Crippen molar-refractivity contribution in [2.75, 3.05) is 12.5 Å². The van der Waals surface area contributed by atoms with Crippen molar-refractivity contribution in [3.05, 3.63) is 40.5 Å². The second-order valence-corrected chi connectivity index (χ2v) is 6.86. The van der Waals surface area contributed by atoms with Crippen LogP contribution in [0.2, 0.25) is 5.02 Å². The Hall–Kier alpha value is -2.64. The van der Waals surface area contributed by atoms with Crippen LogP contribution >= 0.6 is 11.6 Å². The fraction of sp³-hybridized carbons (Fsp3) is 0.316. The van der Waals surface area contributed by atoms with Crippen LogP contribution in [0.25, 0.3) is 22.8 Å². The van der Waals surface area contributed by atoms with E-state index >= 15 is 0 Å². The number of benzene rings is 1. The van der Waals surface area contributed by atoms with Crippen molar-refractivity contribution in [3.8, 4) is 28.7 Å². The second-order valence-electron chi connectivity index (χ2n) is 6.46. The Morgan fingerprint density at radius 3 is 2.59 bits per heavy atom. The molecule has 0 spiro atoms. The Morgan fingerprint density at radius 2 is 1.93 bits per heavy atom. The minimum atomic E-state index is -0.0116. The van der Waals surface area contributed by atoms with Gasteiger partial charge in [0.05, 0.1) is 17.4 Å². The van der Waals surface area contributed by atoms with E-state index in [1.165, 1.54) is 0 Å². The van der Waals surface area contributed by atoms with Gasteiger partial charge in [0.1, 0.15) is 5.02 Å². The maximum absolute atomic E-state index is 6.25. The highest BCUT2D eigenvalue weighted by molar-refractivity contribution is 6.32.